The molecule has 3 aromatic heterocycles. The van der Waals surface area contributed by atoms with Crippen molar-refractivity contribution < 1.29 is 17.9 Å². The smallest absolute Gasteiger partial charge is 0.254 e. The second-order valence-electron chi connectivity index (χ2n) is 7.72. The Morgan fingerprint density at radius 3 is 2.77 bits per heavy atom. The molecule has 158 valence electrons. The van der Waals surface area contributed by atoms with Gasteiger partial charge < -0.3 is 9.64 Å². The van der Waals surface area contributed by atoms with Crippen molar-refractivity contribution >= 4 is 38.1 Å². The van der Waals surface area contributed by atoms with E-state index in [2.05, 4.69) is 5.10 Å². The normalized spacial score (nSPS) is 21.4. The van der Waals surface area contributed by atoms with E-state index < -0.39 is 9.84 Å². The van der Waals surface area contributed by atoms with Crippen molar-refractivity contribution in [1.29, 1.82) is 0 Å². The van der Waals surface area contributed by atoms with E-state index in [1.807, 2.05) is 30.5 Å². The Hall–Kier alpha value is -2.30. The first kappa shape index (κ1) is 19.7. The molecule has 0 radical (unpaired) electrons. The molecular weight excluding hydrogens is 424 g/mol. The lowest BCUT2D eigenvalue weighted by atomic mass is 10.1. The summed E-state index contributed by atoms with van der Waals surface area (Å²) in [6.45, 7) is 3.99. The molecule has 30 heavy (non-hydrogen) atoms. The topological polar surface area (TPSA) is 94.4 Å². The lowest BCUT2D eigenvalue weighted by molar-refractivity contribution is 0.0304. The van der Waals surface area contributed by atoms with Gasteiger partial charge >= 0.3 is 0 Å². The number of morpholine rings is 1. The van der Waals surface area contributed by atoms with Crippen LogP contribution in [0.3, 0.4) is 0 Å². The molecule has 0 saturated carbocycles. The molecule has 0 unspecified atom stereocenters. The number of sulfone groups is 1. The van der Waals surface area contributed by atoms with Gasteiger partial charge in [-0.3, -0.25) is 4.79 Å². The van der Waals surface area contributed by atoms with E-state index in [-0.39, 0.29) is 23.5 Å². The second-order valence-corrected chi connectivity index (χ2v) is 10.9. The maximum atomic E-state index is 13.4. The first-order chi connectivity index (χ1) is 14.4. The molecule has 8 nitrogen and oxygen atoms in total. The van der Waals surface area contributed by atoms with E-state index in [4.69, 9.17) is 9.72 Å². The second kappa shape index (κ2) is 7.44. The molecule has 3 aromatic rings. The van der Waals surface area contributed by atoms with Gasteiger partial charge in [0.25, 0.3) is 5.91 Å². The van der Waals surface area contributed by atoms with Gasteiger partial charge in [-0.1, -0.05) is 6.07 Å². The van der Waals surface area contributed by atoms with Gasteiger partial charge in [0.05, 0.1) is 58.0 Å². The summed E-state index contributed by atoms with van der Waals surface area (Å²) in [7, 11) is -3.08. The molecule has 10 heteroatoms. The Balaban J connectivity index is 1.69. The van der Waals surface area contributed by atoms with Gasteiger partial charge in [0.15, 0.2) is 15.5 Å². The Labute approximate surface area is 178 Å². The number of hydrogen-bond acceptors (Lipinski definition) is 7. The van der Waals surface area contributed by atoms with Crippen molar-refractivity contribution in [1.82, 2.24) is 19.7 Å². The largest absolute Gasteiger partial charge is 0.378 e. The van der Waals surface area contributed by atoms with Crippen molar-refractivity contribution in [3.8, 4) is 10.6 Å². The number of nitrogens with zero attached hydrogens (tertiary/aromatic N) is 4. The molecule has 1 atom stereocenters. The Bertz CT molecular complexity index is 1210. The highest BCUT2D eigenvalue weighted by atomic mass is 32.2. The zero-order valence-corrected chi connectivity index (χ0v) is 18.2. The number of aromatic nitrogens is 3. The summed E-state index contributed by atoms with van der Waals surface area (Å²) in [5.74, 6) is 0.147. The number of amides is 1. The van der Waals surface area contributed by atoms with Gasteiger partial charge in [0, 0.05) is 13.1 Å². The molecule has 0 spiro atoms. The van der Waals surface area contributed by atoms with Crippen molar-refractivity contribution in [3.63, 3.8) is 0 Å². The summed E-state index contributed by atoms with van der Waals surface area (Å²) in [5.41, 5.74) is 2.54. The summed E-state index contributed by atoms with van der Waals surface area (Å²) >= 11 is 1.55. The molecule has 0 bridgehead atoms. The monoisotopic (exact) mass is 446 g/mol. The number of rotatable bonds is 3. The molecule has 1 amide bonds. The number of hydrogen-bond donors (Lipinski definition) is 0. The van der Waals surface area contributed by atoms with Gasteiger partial charge in [0.1, 0.15) is 0 Å². The van der Waals surface area contributed by atoms with E-state index >= 15 is 0 Å². The van der Waals surface area contributed by atoms with Gasteiger partial charge in [-0.2, -0.15) is 5.10 Å². The maximum Gasteiger partial charge on any atom is 0.254 e. The lowest BCUT2D eigenvalue weighted by Gasteiger charge is -2.27. The first-order valence-electron chi connectivity index (χ1n) is 9.94. The third kappa shape index (κ3) is 3.42. The molecular formula is C20H22N4O4S2. The Morgan fingerprint density at radius 2 is 2.10 bits per heavy atom. The molecule has 2 aliphatic rings. The van der Waals surface area contributed by atoms with Crippen molar-refractivity contribution in [3.05, 3.63) is 34.8 Å². The zero-order chi connectivity index (χ0) is 20.9. The van der Waals surface area contributed by atoms with Crippen LogP contribution in [0.25, 0.3) is 21.6 Å². The third-order valence-electron chi connectivity index (χ3n) is 5.69. The van der Waals surface area contributed by atoms with Gasteiger partial charge in [-0.25, -0.2) is 18.1 Å². The number of thiophene rings is 1. The quantitative estimate of drug-likeness (QED) is 0.613. The Morgan fingerprint density at radius 1 is 1.30 bits per heavy atom. The standard InChI is InChI=1S/C20H22N4O4S2/c1-13-18-15(20(25)23-5-7-28-8-6-23)11-16(17-3-2-9-29-17)21-19(18)24(22-13)14-4-10-30(26,27)12-14/h2-3,9,11,14H,4-8,10,12H2,1H3/t14-/m0/s1. The maximum absolute atomic E-state index is 13.4. The van der Waals surface area contributed by atoms with Crippen molar-refractivity contribution in [2.75, 3.05) is 37.8 Å². The van der Waals surface area contributed by atoms with Gasteiger partial charge in [-0.15, -0.1) is 11.3 Å². The van der Waals surface area contributed by atoms with E-state index in [0.29, 0.717) is 60.7 Å². The molecule has 5 heterocycles. The number of carbonyl (C=O) groups is 1. The molecule has 0 aromatic carbocycles. The molecule has 2 aliphatic heterocycles. The minimum absolute atomic E-state index is 0.0564. The van der Waals surface area contributed by atoms with Gasteiger partial charge in [-0.05, 0) is 30.9 Å². The first-order valence-corrected chi connectivity index (χ1v) is 12.6. The molecule has 0 aliphatic carbocycles. The SMILES string of the molecule is Cc1nn([C@H]2CCS(=O)(=O)C2)c2nc(-c3cccs3)cc(C(=O)N3CCOCC3)c12. The number of aryl methyl sites for hydroxylation is 1. The van der Waals surface area contributed by atoms with Crippen LogP contribution in [0.5, 0.6) is 0 Å². The predicted octanol–water partition coefficient (Wildman–Crippen LogP) is 2.30. The predicted molar refractivity (Wildman–Crippen MR) is 115 cm³/mol. The summed E-state index contributed by atoms with van der Waals surface area (Å²) in [4.78, 5) is 21.0. The Kier molecular flexibility index (Phi) is 4.87. The molecule has 2 saturated heterocycles. The highest BCUT2D eigenvalue weighted by Gasteiger charge is 2.33. The van der Waals surface area contributed by atoms with Crippen LogP contribution in [-0.2, 0) is 14.6 Å². The van der Waals surface area contributed by atoms with E-state index in [1.165, 1.54) is 0 Å². The number of fused-ring (bicyclic) bond motifs is 1. The molecule has 2 fully saturated rings. The highest BCUT2D eigenvalue weighted by Crippen LogP contribution is 2.33. The van der Waals surface area contributed by atoms with Crippen molar-refractivity contribution in [2.24, 2.45) is 0 Å². The minimum Gasteiger partial charge on any atom is -0.378 e. The lowest BCUT2D eigenvalue weighted by Crippen LogP contribution is -2.40. The van der Waals surface area contributed by atoms with E-state index in [0.717, 1.165) is 4.88 Å². The van der Waals surface area contributed by atoms with Crippen LogP contribution in [0.15, 0.2) is 23.6 Å². The van der Waals surface area contributed by atoms with E-state index in [9.17, 15) is 13.2 Å². The minimum atomic E-state index is -3.08. The van der Waals surface area contributed by atoms with Crippen molar-refractivity contribution in [2.45, 2.75) is 19.4 Å². The number of carbonyl (C=O) groups excluding carboxylic acids is 1. The van der Waals surface area contributed by atoms with Crippen LogP contribution < -0.4 is 0 Å². The highest BCUT2D eigenvalue weighted by molar-refractivity contribution is 7.91. The fraction of sp³-hybridized carbons (Fsp3) is 0.450. The van der Waals surface area contributed by atoms with Crippen LogP contribution in [0.1, 0.15) is 28.5 Å². The number of pyridine rings is 1. The van der Waals surface area contributed by atoms with Crippen LogP contribution in [0, 0.1) is 6.92 Å². The zero-order valence-electron chi connectivity index (χ0n) is 16.6. The molecule has 5 rings (SSSR count). The van der Waals surface area contributed by atoms with Crippen LogP contribution >= 0.6 is 11.3 Å². The fourth-order valence-corrected chi connectivity index (χ4v) is 6.57. The fourth-order valence-electron chi connectivity index (χ4n) is 4.19. The van der Waals surface area contributed by atoms with Crippen LogP contribution in [0.2, 0.25) is 0 Å². The third-order valence-corrected chi connectivity index (χ3v) is 8.34. The summed E-state index contributed by atoms with van der Waals surface area (Å²) in [5, 5.41) is 7.32. The summed E-state index contributed by atoms with van der Waals surface area (Å²) in [6.07, 6.45) is 0.510. The van der Waals surface area contributed by atoms with E-state index in [1.54, 1.807) is 20.9 Å². The molecule has 0 N–H and O–H groups in total. The van der Waals surface area contributed by atoms with Crippen LogP contribution in [-0.4, -0.2) is 71.8 Å². The number of ether oxygens (including phenoxy) is 1. The van der Waals surface area contributed by atoms with Crippen LogP contribution in [0.4, 0.5) is 0 Å². The average molecular weight is 447 g/mol. The summed E-state index contributed by atoms with van der Waals surface area (Å²) in [6, 6.07) is 5.50. The average Bonchev–Trinajstić information content (AvgIpc) is 3.47. The van der Waals surface area contributed by atoms with Gasteiger partial charge in [0.2, 0.25) is 0 Å². The summed E-state index contributed by atoms with van der Waals surface area (Å²) < 4.78 is 31.2.